The van der Waals surface area contributed by atoms with Crippen molar-refractivity contribution in [2.45, 2.75) is 51.7 Å². The molecule has 1 aliphatic heterocycles. The van der Waals surface area contributed by atoms with Crippen LogP contribution < -0.4 is 5.32 Å². The highest BCUT2D eigenvalue weighted by atomic mass is 16.3. The Kier molecular flexibility index (Phi) is 6.75. The molecule has 1 saturated heterocycles. The molecule has 1 aliphatic carbocycles. The van der Waals surface area contributed by atoms with Crippen LogP contribution in [0.25, 0.3) is 0 Å². The van der Waals surface area contributed by atoms with Crippen molar-refractivity contribution in [1.29, 1.82) is 0 Å². The molecule has 20 heavy (non-hydrogen) atoms. The Labute approximate surface area is 124 Å². The zero-order chi connectivity index (χ0) is 14.4. The molecular formula is C16H33N3O. The summed E-state index contributed by atoms with van der Waals surface area (Å²) in [5, 5.41) is 13.4. The maximum absolute atomic E-state index is 10.1. The van der Waals surface area contributed by atoms with Gasteiger partial charge in [-0.25, -0.2) is 0 Å². The molecule has 2 aliphatic rings. The molecule has 1 atom stereocenters. The number of β-amino-alcohol motifs (C(OH)–C–C–N with tert-alkyl or cyclic N) is 1. The normalized spacial score (nSPS) is 24.6. The summed E-state index contributed by atoms with van der Waals surface area (Å²) in [5.41, 5.74) is 0. The lowest BCUT2D eigenvalue weighted by atomic mass is 10.1. The van der Waals surface area contributed by atoms with Crippen LogP contribution in [0, 0.1) is 5.92 Å². The van der Waals surface area contributed by atoms with Gasteiger partial charge in [0.2, 0.25) is 0 Å². The first-order chi connectivity index (χ1) is 9.65. The van der Waals surface area contributed by atoms with Gasteiger partial charge in [-0.2, -0.15) is 0 Å². The van der Waals surface area contributed by atoms with Gasteiger partial charge in [0, 0.05) is 45.3 Å². The quantitative estimate of drug-likeness (QED) is 0.735. The van der Waals surface area contributed by atoms with Gasteiger partial charge in [-0.3, -0.25) is 9.80 Å². The summed E-state index contributed by atoms with van der Waals surface area (Å²) in [7, 11) is 0. The van der Waals surface area contributed by atoms with Crippen LogP contribution >= 0.6 is 0 Å². The van der Waals surface area contributed by atoms with Crippen LogP contribution in [-0.2, 0) is 0 Å². The molecule has 0 aromatic carbocycles. The molecule has 2 fully saturated rings. The van der Waals surface area contributed by atoms with Gasteiger partial charge in [-0.15, -0.1) is 0 Å². The molecular weight excluding hydrogens is 250 g/mol. The lowest BCUT2D eigenvalue weighted by Gasteiger charge is -2.38. The molecule has 4 nitrogen and oxygen atoms in total. The topological polar surface area (TPSA) is 38.7 Å². The third kappa shape index (κ3) is 5.32. The Morgan fingerprint density at radius 1 is 1.05 bits per heavy atom. The minimum Gasteiger partial charge on any atom is -0.390 e. The van der Waals surface area contributed by atoms with E-state index < -0.39 is 0 Å². The van der Waals surface area contributed by atoms with Gasteiger partial charge in [0.05, 0.1) is 6.10 Å². The molecule has 0 amide bonds. The summed E-state index contributed by atoms with van der Waals surface area (Å²) in [6.45, 7) is 11.6. The Balaban J connectivity index is 1.58. The monoisotopic (exact) mass is 283 g/mol. The number of nitrogens with zero attached hydrogens (tertiary/aromatic N) is 2. The number of nitrogens with one attached hydrogen (secondary N) is 1. The predicted octanol–water partition coefficient (Wildman–Crippen LogP) is 1.15. The Hall–Kier alpha value is -0.160. The van der Waals surface area contributed by atoms with E-state index >= 15 is 0 Å². The summed E-state index contributed by atoms with van der Waals surface area (Å²) in [6, 6.07) is 0.856. The van der Waals surface area contributed by atoms with Gasteiger partial charge in [-0.05, 0) is 25.3 Å². The van der Waals surface area contributed by atoms with Crippen molar-refractivity contribution in [3.05, 3.63) is 0 Å². The van der Waals surface area contributed by atoms with Crippen LogP contribution in [0.5, 0.6) is 0 Å². The van der Waals surface area contributed by atoms with E-state index in [1.165, 1.54) is 38.8 Å². The van der Waals surface area contributed by atoms with E-state index in [0.29, 0.717) is 5.92 Å². The number of hydrogen-bond acceptors (Lipinski definition) is 4. The van der Waals surface area contributed by atoms with Crippen LogP contribution in [-0.4, -0.2) is 72.9 Å². The van der Waals surface area contributed by atoms with E-state index in [9.17, 15) is 5.11 Å². The third-order valence-electron chi connectivity index (χ3n) is 4.65. The maximum atomic E-state index is 10.1. The number of aliphatic hydroxyl groups is 1. The largest absolute Gasteiger partial charge is 0.390 e. The van der Waals surface area contributed by atoms with Crippen molar-refractivity contribution in [3.8, 4) is 0 Å². The highest BCUT2D eigenvalue weighted by Crippen LogP contribution is 2.24. The van der Waals surface area contributed by atoms with Crippen LogP contribution in [0.1, 0.15) is 39.5 Å². The Morgan fingerprint density at radius 3 is 2.30 bits per heavy atom. The first kappa shape index (κ1) is 16.2. The molecule has 2 N–H and O–H groups in total. The Bertz CT molecular complexity index is 258. The van der Waals surface area contributed by atoms with Crippen molar-refractivity contribution < 1.29 is 5.11 Å². The molecule has 2 rings (SSSR count). The molecule has 0 spiro atoms. The SMILES string of the molecule is CC(C)CNCC(O)CN1CCN(C2CCCC2)CC1. The number of aliphatic hydroxyl groups excluding tert-OH is 1. The summed E-state index contributed by atoms with van der Waals surface area (Å²) in [5.74, 6) is 0.650. The second-order valence-electron chi connectivity index (χ2n) is 6.98. The van der Waals surface area contributed by atoms with E-state index in [2.05, 4.69) is 29.0 Å². The van der Waals surface area contributed by atoms with Gasteiger partial charge < -0.3 is 10.4 Å². The van der Waals surface area contributed by atoms with E-state index in [1.807, 2.05) is 0 Å². The molecule has 1 saturated carbocycles. The van der Waals surface area contributed by atoms with Crippen molar-refractivity contribution in [3.63, 3.8) is 0 Å². The molecule has 4 heteroatoms. The van der Waals surface area contributed by atoms with E-state index in [-0.39, 0.29) is 6.10 Å². The molecule has 0 aromatic rings. The highest BCUT2D eigenvalue weighted by Gasteiger charge is 2.26. The fourth-order valence-corrected chi connectivity index (χ4v) is 3.48. The van der Waals surface area contributed by atoms with Crippen LogP contribution in [0.2, 0.25) is 0 Å². The second-order valence-corrected chi connectivity index (χ2v) is 6.98. The molecule has 0 aromatic heterocycles. The third-order valence-corrected chi connectivity index (χ3v) is 4.65. The fourth-order valence-electron chi connectivity index (χ4n) is 3.48. The first-order valence-electron chi connectivity index (χ1n) is 8.50. The predicted molar refractivity (Wildman–Crippen MR) is 84.0 cm³/mol. The molecule has 1 unspecified atom stereocenters. The summed E-state index contributed by atoms with van der Waals surface area (Å²) in [4.78, 5) is 5.10. The van der Waals surface area contributed by atoms with Gasteiger partial charge in [-0.1, -0.05) is 26.7 Å². The van der Waals surface area contributed by atoms with Gasteiger partial charge in [0.1, 0.15) is 0 Å². The number of piperazine rings is 1. The highest BCUT2D eigenvalue weighted by molar-refractivity contribution is 4.82. The van der Waals surface area contributed by atoms with E-state index in [1.54, 1.807) is 0 Å². The smallest absolute Gasteiger partial charge is 0.0791 e. The first-order valence-corrected chi connectivity index (χ1v) is 8.50. The lowest BCUT2D eigenvalue weighted by Crippen LogP contribution is -2.52. The van der Waals surface area contributed by atoms with Gasteiger partial charge in [0.25, 0.3) is 0 Å². The Morgan fingerprint density at radius 2 is 1.70 bits per heavy atom. The van der Waals surface area contributed by atoms with Crippen LogP contribution in [0.15, 0.2) is 0 Å². The average Bonchev–Trinajstić information content (AvgIpc) is 2.93. The van der Waals surface area contributed by atoms with Crippen molar-refractivity contribution in [1.82, 2.24) is 15.1 Å². The summed E-state index contributed by atoms with van der Waals surface area (Å²) >= 11 is 0. The minimum absolute atomic E-state index is 0.230. The van der Waals surface area contributed by atoms with Crippen molar-refractivity contribution >= 4 is 0 Å². The zero-order valence-corrected chi connectivity index (χ0v) is 13.4. The van der Waals surface area contributed by atoms with E-state index in [0.717, 1.165) is 38.8 Å². The van der Waals surface area contributed by atoms with Crippen LogP contribution in [0.4, 0.5) is 0 Å². The van der Waals surface area contributed by atoms with E-state index in [4.69, 9.17) is 0 Å². The van der Waals surface area contributed by atoms with Gasteiger partial charge >= 0.3 is 0 Å². The molecule has 0 radical (unpaired) electrons. The van der Waals surface area contributed by atoms with Gasteiger partial charge in [0.15, 0.2) is 0 Å². The maximum Gasteiger partial charge on any atom is 0.0791 e. The van der Waals surface area contributed by atoms with Crippen LogP contribution in [0.3, 0.4) is 0 Å². The molecule has 118 valence electrons. The van der Waals surface area contributed by atoms with Crippen molar-refractivity contribution in [2.75, 3.05) is 45.8 Å². The second kappa shape index (κ2) is 8.32. The number of hydrogen-bond donors (Lipinski definition) is 2. The molecule has 1 heterocycles. The summed E-state index contributed by atoms with van der Waals surface area (Å²) in [6.07, 6.45) is 5.42. The molecule has 0 bridgehead atoms. The lowest BCUT2D eigenvalue weighted by molar-refractivity contribution is 0.0571. The number of rotatable bonds is 7. The van der Waals surface area contributed by atoms with Crippen molar-refractivity contribution in [2.24, 2.45) is 5.92 Å². The average molecular weight is 283 g/mol. The summed E-state index contributed by atoms with van der Waals surface area (Å²) < 4.78 is 0. The standard InChI is InChI=1S/C16H33N3O/c1-14(2)11-17-12-16(20)13-18-7-9-19(10-8-18)15-5-3-4-6-15/h14-17,20H,3-13H2,1-2H3. The minimum atomic E-state index is -0.230. The fraction of sp³-hybridized carbons (Fsp3) is 1.00. The zero-order valence-electron chi connectivity index (χ0n) is 13.4.